The van der Waals surface area contributed by atoms with Crippen molar-refractivity contribution in [3.8, 4) is 5.75 Å². The molecule has 24 nitrogen and oxygen atoms in total. The first-order valence-corrected chi connectivity index (χ1v) is 50.9. The Bertz CT molecular complexity index is 2650. The zero-order chi connectivity index (χ0) is 87.7. The number of ether oxygens (including phenoxy) is 5. The molecule has 0 saturated heterocycles. The van der Waals surface area contributed by atoms with E-state index in [0.29, 0.717) is 75.5 Å². The molecule has 0 aliphatic heterocycles. The molecule has 0 fully saturated rings. The molecule has 1 aromatic carbocycles. The first-order chi connectivity index (χ1) is 58.3. The van der Waals surface area contributed by atoms with Gasteiger partial charge in [0.25, 0.3) is 15.6 Å². The molecule has 4 amide bonds. The molecule has 122 heavy (non-hydrogen) atoms. The van der Waals surface area contributed by atoms with Gasteiger partial charge in [-0.05, 0) is 114 Å². The summed E-state index contributed by atoms with van der Waals surface area (Å²) in [4.78, 5) is 108. The second-order valence-electron chi connectivity index (χ2n) is 32.7. The van der Waals surface area contributed by atoms with Crippen LogP contribution < -0.4 is 101 Å². The first-order valence-electron chi connectivity index (χ1n) is 47.9. The Morgan fingerprint density at radius 1 is 0.377 bits per heavy atom. The Hall–Kier alpha value is -2.58. The topological polar surface area (TPSA) is 340 Å². The maximum absolute atomic E-state index is 14.0. The largest absolute Gasteiger partial charge is 1.00 e. The molecule has 0 bridgehead atoms. The van der Waals surface area contributed by atoms with Crippen molar-refractivity contribution < 1.29 is 149 Å². The number of rotatable bonds is 89. The van der Waals surface area contributed by atoms with Gasteiger partial charge >= 0.3 is 71.1 Å². The van der Waals surface area contributed by atoms with Crippen molar-refractivity contribution in [1.82, 2.24) is 21.3 Å². The second kappa shape index (κ2) is 87.7. The third-order valence-corrected chi connectivity index (χ3v) is 23.2. The summed E-state index contributed by atoms with van der Waals surface area (Å²) < 4.78 is 77.8. The van der Waals surface area contributed by atoms with E-state index in [1.807, 2.05) is 0 Å². The summed E-state index contributed by atoms with van der Waals surface area (Å²) in [5, 5.41) is 11.0. The van der Waals surface area contributed by atoms with E-state index in [-0.39, 0.29) is 167 Å². The summed E-state index contributed by atoms with van der Waals surface area (Å²) in [7, 11) is -10.2. The molecule has 6 unspecified atom stereocenters. The van der Waals surface area contributed by atoms with E-state index in [4.69, 9.17) is 47.5 Å². The van der Waals surface area contributed by atoms with Gasteiger partial charge in [0, 0.05) is 58.2 Å². The zero-order valence-corrected chi connectivity index (χ0v) is 83.9. The van der Waals surface area contributed by atoms with Crippen LogP contribution in [0.25, 0.3) is 0 Å². The third kappa shape index (κ3) is 77.4. The maximum atomic E-state index is 14.0. The van der Waals surface area contributed by atoms with Crippen molar-refractivity contribution in [2.75, 3.05) is 79.1 Å². The Morgan fingerprint density at radius 3 is 1.04 bits per heavy atom. The minimum Gasteiger partial charge on any atom is -0.756 e. The number of esters is 2. The fraction of sp³-hybridized carbons (Fsp3) is 0.830. The Balaban J connectivity index is 0. The average Bonchev–Trinajstić information content (AvgIpc) is 0.873. The molecule has 0 aliphatic carbocycles. The van der Waals surface area contributed by atoms with Crippen LogP contribution in [0.1, 0.15) is 394 Å². The van der Waals surface area contributed by atoms with Gasteiger partial charge in [0.15, 0.2) is 0 Å². The molecule has 0 aliphatic rings. The predicted molar refractivity (Wildman–Crippen MR) is 480 cm³/mol. The molecular formula is C94H171N5Na2O19P2. The fourth-order valence-electron chi connectivity index (χ4n) is 14.0. The van der Waals surface area contributed by atoms with E-state index in [1.54, 1.807) is 24.3 Å². The fourth-order valence-corrected chi connectivity index (χ4v) is 15.5. The number of nitrogens with two attached hydrogens (primary N) is 1. The van der Waals surface area contributed by atoms with Crippen LogP contribution in [0.3, 0.4) is 0 Å². The van der Waals surface area contributed by atoms with Crippen LogP contribution in [0, 0.1) is 5.92 Å². The van der Waals surface area contributed by atoms with Gasteiger partial charge < -0.3 is 78.6 Å². The van der Waals surface area contributed by atoms with Crippen molar-refractivity contribution in [1.29, 1.82) is 0 Å². The van der Waals surface area contributed by atoms with Gasteiger partial charge in [-0.25, -0.2) is 0 Å². The van der Waals surface area contributed by atoms with Crippen LogP contribution >= 0.6 is 15.6 Å². The van der Waals surface area contributed by atoms with Gasteiger partial charge in [0.2, 0.25) is 23.6 Å². The quantitative estimate of drug-likeness (QED) is 0.0101. The van der Waals surface area contributed by atoms with Crippen LogP contribution in [0.5, 0.6) is 5.75 Å². The van der Waals surface area contributed by atoms with Crippen LogP contribution in [0.15, 0.2) is 48.6 Å². The standard InChI is InChI=1S/C94H173N5O19P2.2Na/c1-7-13-19-25-29-33-35-39-41-47-53-59-89(100)98-83(78-110-72-67-86(57-51-45-23-17-11-5)117-91(102)61-55-49-43-37-31-27-21-15-9-3)80-115-119(106,107)113-75-70-96-93(104)88(77-82-63-65-85(66-64-82)112-74-69-95)94(105)97-71-76-114-120(108,109)116-81-84(99-90(101)60-54-48-42-40-36-34-30-26-20-14-8-2)79-111-73-68-87(58-52-46-24-18-12-6)118-92(103)62-56-50-44-38-32-28-22-16-10-4;;/h37-38,43-44,63-66,83-84,86-88H,7-36,39-42,45-62,67-81,95H2,1-6H3,(H,96,104)(H,97,105)(H,98,100)(H,99,101)(H,106,107)(H,108,109);;/q;2*+1/p-2/b43-37-,44-38-;;. The third-order valence-electron chi connectivity index (χ3n) is 21.2. The molecule has 28 heteroatoms. The number of hydrogen-bond donors (Lipinski definition) is 5. The van der Waals surface area contributed by atoms with Crippen LogP contribution in [-0.4, -0.2) is 139 Å². The van der Waals surface area contributed by atoms with Crippen LogP contribution in [0.4, 0.5) is 0 Å². The van der Waals surface area contributed by atoms with Gasteiger partial charge in [0.05, 0.1) is 64.9 Å². The SMILES string of the molecule is CCCCCC/C=C\CCCC(=O)OC(CCCCCCC)CCOCC(COP(=O)([O-])OCCNC(=O)C(Cc1ccc(OCCN)cc1)C(=O)NCCOP(=O)([O-])OCC(COCCC(CCCCCCC)OC(=O)CCC/C=C\CCCCCC)NC(=O)CCCCCCCCCCCCC)NC(=O)CCCCCCCCCCCCC.[Na+].[Na+]. The second-order valence-corrected chi connectivity index (χ2v) is 35.5. The minimum absolute atomic E-state index is 0. The Kier molecular flexibility index (Phi) is 87.3. The van der Waals surface area contributed by atoms with E-state index in [9.17, 15) is 47.7 Å². The van der Waals surface area contributed by atoms with Crippen LogP contribution in [0.2, 0.25) is 0 Å². The summed E-state index contributed by atoms with van der Waals surface area (Å²) >= 11 is 0. The summed E-state index contributed by atoms with van der Waals surface area (Å²) in [6.07, 6.45) is 60.8. The molecule has 0 radical (unpaired) electrons. The van der Waals surface area contributed by atoms with Crippen molar-refractivity contribution in [3.05, 3.63) is 54.1 Å². The number of benzene rings is 1. The number of phosphoric acid groups is 2. The van der Waals surface area contributed by atoms with Gasteiger partial charge in [0.1, 0.15) is 30.5 Å². The molecule has 0 saturated carbocycles. The van der Waals surface area contributed by atoms with Crippen LogP contribution in [-0.2, 0) is 81.4 Å². The molecule has 0 spiro atoms. The van der Waals surface area contributed by atoms with E-state index < -0.39 is 71.9 Å². The molecule has 0 aromatic heterocycles. The summed E-state index contributed by atoms with van der Waals surface area (Å²) in [6, 6.07) is 4.86. The monoisotopic (exact) mass is 1780 g/mol. The van der Waals surface area contributed by atoms with Crippen molar-refractivity contribution in [3.63, 3.8) is 0 Å². The maximum Gasteiger partial charge on any atom is 1.00 e. The Labute approximate surface area is 784 Å². The molecule has 1 aromatic rings. The smallest absolute Gasteiger partial charge is 0.756 e. The predicted octanol–water partition coefficient (Wildman–Crippen LogP) is 14.5. The summed E-state index contributed by atoms with van der Waals surface area (Å²) in [5.41, 5.74) is 6.20. The number of amides is 4. The summed E-state index contributed by atoms with van der Waals surface area (Å²) in [5.74, 6) is -3.60. The minimum atomic E-state index is -5.09. The molecular weight excluding hydrogens is 1610 g/mol. The van der Waals surface area contributed by atoms with E-state index in [2.05, 4.69) is 87.1 Å². The first kappa shape index (κ1) is 121. The number of nitrogens with one attached hydrogen (secondary N) is 4. The van der Waals surface area contributed by atoms with Gasteiger partial charge in [-0.3, -0.25) is 37.9 Å². The van der Waals surface area contributed by atoms with Gasteiger partial charge in [-0.1, -0.05) is 296 Å². The number of allylic oxidation sites excluding steroid dienone is 4. The molecule has 6 atom stereocenters. The molecule has 1 rings (SSSR count). The van der Waals surface area contributed by atoms with Crippen molar-refractivity contribution >= 4 is 51.2 Å². The molecule has 0 heterocycles. The van der Waals surface area contributed by atoms with E-state index in [0.717, 1.165) is 141 Å². The number of carbonyl (C=O) groups excluding carboxylic acids is 6. The van der Waals surface area contributed by atoms with Crippen molar-refractivity contribution in [2.24, 2.45) is 11.7 Å². The zero-order valence-electron chi connectivity index (χ0n) is 78.1. The van der Waals surface area contributed by atoms with Gasteiger partial charge in [-0.2, -0.15) is 0 Å². The van der Waals surface area contributed by atoms with E-state index >= 15 is 0 Å². The van der Waals surface area contributed by atoms with E-state index in [1.165, 1.54) is 128 Å². The molecule has 698 valence electrons. The average molecular weight is 1780 g/mol. The number of hydrogen-bond acceptors (Lipinski definition) is 20. The number of carbonyl (C=O) groups is 6. The van der Waals surface area contributed by atoms with Crippen molar-refractivity contribution in [2.45, 2.75) is 419 Å². The number of unbranched alkanes of at least 4 members (excludes halogenated alkanes) is 38. The molecule has 6 N–H and O–H groups in total. The van der Waals surface area contributed by atoms with Gasteiger partial charge in [-0.15, -0.1) is 0 Å². The normalized spacial score (nSPS) is 13.7. The summed E-state index contributed by atoms with van der Waals surface area (Å²) in [6.45, 7) is 10.8. The Morgan fingerprint density at radius 2 is 0.697 bits per heavy atom. The number of phosphoric ester groups is 2.